The summed E-state index contributed by atoms with van der Waals surface area (Å²) in [5, 5.41) is 9.30. The van der Waals surface area contributed by atoms with Crippen LogP contribution in [0.1, 0.15) is 20.8 Å². The van der Waals surface area contributed by atoms with Gasteiger partial charge >= 0.3 is 0 Å². The normalized spacial score (nSPS) is 25.3. The number of likely N-dealkylation sites (N-methyl/N-ethyl adjacent to an activating group) is 1. The van der Waals surface area contributed by atoms with Gasteiger partial charge in [-0.2, -0.15) is 0 Å². The third-order valence-corrected chi connectivity index (χ3v) is 2.99. The molecular weight excluding hydrogens is 204 g/mol. The van der Waals surface area contributed by atoms with Crippen LogP contribution in [0.2, 0.25) is 0 Å². The number of hydrogen-bond acceptors (Lipinski definition) is 4. The first kappa shape index (κ1) is 13.9. The van der Waals surface area contributed by atoms with Gasteiger partial charge in [-0.05, 0) is 27.8 Å². The number of aliphatic hydroxyl groups is 1. The summed E-state index contributed by atoms with van der Waals surface area (Å²) < 4.78 is 5.75. The van der Waals surface area contributed by atoms with Gasteiger partial charge in [0, 0.05) is 32.2 Å². The number of nitrogens with zero attached hydrogens (tertiary/aromatic N) is 2. The van der Waals surface area contributed by atoms with Gasteiger partial charge in [-0.3, -0.25) is 4.90 Å². The molecule has 1 N–H and O–H groups in total. The fourth-order valence-corrected chi connectivity index (χ4v) is 2.19. The Kier molecular flexibility index (Phi) is 5.69. The second-order valence-electron chi connectivity index (χ2n) is 5.15. The molecule has 0 aliphatic carbocycles. The van der Waals surface area contributed by atoms with E-state index in [-0.39, 0.29) is 12.2 Å². The second kappa shape index (κ2) is 6.55. The summed E-state index contributed by atoms with van der Waals surface area (Å²) in [6, 6.07) is 0.591. The Labute approximate surface area is 99.2 Å². The summed E-state index contributed by atoms with van der Waals surface area (Å²) in [6.07, 6.45) is 0.00897. The SMILES string of the molecule is CC(O)CN(C)CC1CN(C(C)C)CCO1. The Morgan fingerprint density at radius 2 is 2.12 bits per heavy atom. The van der Waals surface area contributed by atoms with Crippen LogP contribution in [0.15, 0.2) is 0 Å². The van der Waals surface area contributed by atoms with Crippen molar-refractivity contribution in [1.82, 2.24) is 9.80 Å². The molecule has 0 spiro atoms. The lowest BCUT2D eigenvalue weighted by molar-refractivity contribution is -0.0521. The van der Waals surface area contributed by atoms with E-state index >= 15 is 0 Å². The lowest BCUT2D eigenvalue weighted by Gasteiger charge is -2.37. The van der Waals surface area contributed by atoms with Crippen LogP contribution in [0, 0.1) is 0 Å². The zero-order valence-electron chi connectivity index (χ0n) is 11.0. The van der Waals surface area contributed by atoms with Crippen molar-refractivity contribution < 1.29 is 9.84 Å². The Morgan fingerprint density at radius 1 is 1.44 bits per heavy atom. The van der Waals surface area contributed by atoms with E-state index in [1.54, 1.807) is 0 Å². The summed E-state index contributed by atoms with van der Waals surface area (Å²) in [6.45, 7) is 10.7. The highest BCUT2D eigenvalue weighted by molar-refractivity contribution is 4.76. The largest absolute Gasteiger partial charge is 0.392 e. The molecule has 1 fully saturated rings. The summed E-state index contributed by atoms with van der Waals surface area (Å²) in [4.78, 5) is 4.59. The van der Waals surface area contributed by atoms with Crippen LogP contribution in [0.5, 0.6) is 0 Å². The number of ether oxygens (including phenoxy) is 1. The number of rotatable bonds is 5. The van der Waals surface area contributed by atoms with E-state index in [1.807, 2.05) is 14.0 Å². The van der Waals surface area contributed by atoms with Gasteiger partial charge < -0.3 is 14.7 Å². The molecule has 1 aliphatic rings. The minimum Gasteiger partial charge on any atom is -0.392 e. The van der Waals surface area contributed by atoms with E-state index in [4.69, 9.17) is 4.74 Å². The number of morpholine rings is 1. The Morgan fingerprint density at radius 3 is 2.69 bits per heavy atom. The molecule has 0 amide bonds. The Hall–Kier alpha value is -0.160. The van der Waals surface area contributed by atoms with E-state index in [2.05, 4.69) is 23.6 Å². The molecule has 1 rings (SSSR count). The van der Waals surface area contributed by atoms with Crippen LogP contribution in [-0.2, 0) is 4.74 Å². The molecule has 2 unspecified atom stereocenters. The maximum absolute atomic E-state index is 9.30. The van der Waals surface area contributed by atoms with Crippen molar-refractivity contribution in [1.29, 1.82) is 0 Å². The third-order valence-electron chi connectivity index (χ3n) is 2.99. The van der Waals surface area contributed by atoms with E-state index in [0.717, 1.165) is 26.2 Å². The van der Waals surface area contributed by atoms with Crippen molar-refractivity contribution >= 4 is 0 Å². The molecule has 0 aromatic heterocycles. The molecule has 16 heavy (non-hydrogen) atoms. The average Bonchev–Trinajstić information content (AvgIpc) is 2.16. The summed E-state index contributed by atoms with van der Waals surface area (Å²) in [7, 11) is 2.03. The summed E-state index contributed by atoms with van der Waals surface area (Å²) >= 11 is 0. The highest BCUT2D eigenvalue weighted by atomic mass is 16.5. The second-order valence-corrected chi connectivity index (χ2v) is 5.15. The van der Waals surface area contributed by atoms with Gasteiger partial charge in [0.2, 0.25) is 0 Å². The van der Waals surface area contributed by atoms with E-state index in [1.165, 1.54) is 0 Å². The van der Waals surface area contributed by atoms with Crippen LogP contribution < -0.4 is 0 Å². The van der Waals surface area contributed by atoms with Crippen LogP contribution in [0.4, 0.5) is 0 Å². The standard InChI is InChI=1S/C12H26N2O2/c1-10(2)14-5-6-16-12(9-14)8-13(4)7-11(3)15/h10-12,15H,5-9H2,1-4H3. The molecule has 0 aromatic carbocycles. The van der Waals surface area contributed by atoms with Gasteiger partial charge in [-0.15, -0.1) is 0 Å². The van der Waals surface area contributed by atoms with E-state index in [9.17, 15) is 5.11 Å². The van der Waals surface area contributed by atoms with Gasteiger partial charge in [0.1, 0.15) is 0 Å². The smallest absolute Gasteiger partial charge is 0.0829 e. The first-order valence-electron chi connectivity index (χ1n) is 6.21. The van der Waals surface area contributed by atoms with Gasteiger partial charge in [0.15, 0.2) is 0 Å². The van der Waals surface area contributed by atoms with Crippen LogP contribution >= 0.6 is 0 Å². The quantitative estimate of drug-likeness (QED) is 0.742. The molecule has 2 atom stereocenters. The van der Waals surface area contributed by atoms with Gasteiger partial charge in [-0.1, -0.05) is 0 Å². The van der Waals surface area contributed by atoms with Gasteiger partial charge in [-0.25, -0.2) is 0 Å². The predicted molar refractivity (Wildman–Crippen MR) is 65.6 cm³/mol. The van der Waals surface area contributed by atoms with Crippen LogP contribution in [-0.4, -0.2) is 73.0 Å². The van der Waals surface area contributed by atoms with Crippen LogP contribution in [0.3, 0.4) is 0 Å². The fraction of sp³-hybridized carbons (Fsp3) is 1.00. The maximum atomic E-state index is 9.30. The topological polar surface area (TPSA) is 35.9 Å². The molecule has 1 saturated heterocycles. The molecule has 1 heterocycles. The zero-order chi connectivity index (χ0) is 12.1. The van der Waals surface area contributed by atoms with Crippen molar-refractivity contribution in [3.63, 3.8) is 0 Å². The maximum Gasteiger partial charge on any atom is 0.0829 e. The molecule has 0 bridgehead atoms. The zero-order valence-corrected chi connectivity index (χ0v) is 11.0. The van der Waals surface area contributed by atoms with Crippen molar-refractivity contribution in [2.24, 2.45) is 0 Å². The summed E-state index contributed by atoms with van der Waals surface area (Å²) in [5.41, 5.74) is 0. The van der Waals surface area contributed by atoms with E-state index in [0.29, 0.717) is 12.6 Å². The third kappa shape index (κ3) is 4.78. The van der Waals surface area contributed by atoms with Crippen molar-refractivity contribution in [3.8, 4) is 0 Å². The molecular formula is C12H26N2O2. The first-order chi connectivity index (χ1) is 7.49. The number of aliphatic hydroxyl groups excluding tert-OH is 1. The molecule has 1 aliphatic heterocycles. The van der Waals surface area contributed by atoms with Crippen molar-refractivity contribution in [2.75, 3.05) is 39.8 Å². The molecule has 4 heteroatoms. The van der Waals surface area contributed by atoms with Crippen molar-refractivity contribution in [2.45, 2.75) is 39.0 Å². The first-order valence-corrected chi connectivity index (χ1v) is 6.21. The Bertz CT molecular complexity index is 197. The monoisotopic (exact) mass is 230 g/mol. The molecule has 0 saturated carbocycles. The Balaban J connectivity index is 2.31. The molecule has 0 aromatic rings. The fourth-order valence-electron chi connectivity index (χ4n) is 2.19. The van der Waals surface area contributed by atoms with Crippen LogP contribution in [0.25, 0.3) is 0 Å². The van der Waals surface area contributed by atoms with E-state index < -0.39 is 0 Å². The average molecular weight is 230 g/mol. The minimum atomic E-state index is -0.269. The minimum absolute atomic E-state index is 0.269. The lowest BCUT2D eigenvalue weighted by Crippen LogP contribution is -2.49. The lowest BCUT2D eigenvalue weighted by atomic mass is 10.2. The molecule has 4 nitrogen and oxygen atoms in total. The van der Waals surface area contributed by atoms with Gasteiger partial charge in [0.05, 0.1) is 18.8 Å². The molecule has 0 radical (unpaired) electrons. The molecule has 96 valence electrons. The highest BCUT2D eigenvalue weighted by Gasteiger charge is 2.23. The highest BCUT2D eigenvalue weighted by Crippen LogP contribution is 2.09. The number of hydrogen-bond donors (Lipinski definition) is 1. The van der Waals surface area contributed by atoms with Gasteiger partial charge in [0.25, 0.3) is 0 Å². The summed E-state index contributed by atoms with van der Waals surface area (Å²) in [5.74, 6) is 0. The predicted octanol–water partition coefficient (Wildman–Crippen LogP) is 0.408. The van der Waals surface area contributed by atoms with Crippen molar-refractivity contribution in [3.05, 3.63) is 0 Å².